The van der Waals surface area contributed by atoms with Crippen molar-refractivity contribution in [2.45, 2.75) is 19.4 Å². The standard InChI is InChI=1S/C17H15NO2/c19-12-14-6-8-16-15(10-14)7-9-17(20)18(16)11-13-4-2-1-3-5-13/h1-6,8,10,12H,7,9,11H2. The number of anilines is 1. The van der Waals surface area contributed by atoms with Crippen LogP contribution in [-0.4, -0.2) is 12.2 Å². The van der Waals surface area contributed by atoms with Crippen LogP contribution in [0.3, 0.4) is 0 Å². The summed E-state index contributed by atoms with van der Waals surface area (Å²) < 4.78 is 0. The summed E-state index contributed by atoms with van der Waals surface area (Å²) in [5.74, 6) is 0.139. The Hall–Kier alpha value is -2.42. The van der Waals surface area contributed by atoms with Crippen LogP contribution in [0.4, 0.5) is 5.69 Å². The van der Waals surface area contributed by atoms with Gasteiger partial charge in [-0.25, -0.2) is 0 Å². The van der Waals surface area contributed by atoms with E-state index in [-0.39, 0.29) is 5.91 Å². The van der Waals surface area contributed by atoms with E-state index < -0.39 is 0 Å². The third kappa shape index (κ3) is 2.35. The molecule has 2 aromatic carbocycles. The lowest BCUT2D eigenvalue weighted by Gasteiger charge is -2.29. The minimum Gasteiger partial charge on any atom is -0.308 e. The Morgan fingerprint density at radius 2 is 1.85 bits per heavy atom. The van der Waals surface area contributed by atoms with E-state index in [4.69, 9.17) is 0 Å². The van der Waals surface area contributed by atoms with Gasteiger partial charge in [-0.3, -0.25) is 9.59 Å². The number of carbonyl (C=O) groups is 2. The molecule has 0 aromatic heterocycles. The molecule has 0 fully saturated rings. The van der Waals surface area contributed by atoms with Gasteiger partial charge in [0.25, 0.3) is 0 Å². The highest BCUT2D eigenvalue weighted by Crippen LogP contribution is 2.29. The fraction of sp³-hybridized carbons (Fsp3) is 0.176. The lowest BCUT2D eigenvalue weighted by Crippen LogP contribution is -2.34. The number of amides is 1. The van der Waals surface area contributed by atoms with E-state index in [2.05, 4.69) is 0 Å². The number of aryl methyl sites for hydroxylation is 1. The molecular formula is C17H15NO2. The zero-order valence-electron chi connectivity index (χ0n) is 11.1. The number of aldehydes is 1. The molecule has 0 aliphatic carbocycles. The molecule has 3 heteroatoms. The van der Waals surface area contributed by atoms with Crippen LogP contribution in [0.15, 0.2) is 48.5 Å². The van der Waals surface area contributed by atoms with Gasteiger partial charge in [0, 0.05) is 17.7 Å². The fourth-order valence-electron chi connectivity index (χ4n) is 2.59. The first-order valence-electron chi connectivity index (χ1n) is 6.70. The first kappa shape index (κ1) is 12.6. The Labute approximate surface area is 117 Å². The van der Waals surface area contributed by atoms with Gasteiger partial charge in [-0.2, -0.15) is 0 Å². The normalized spacial score (nSPS) is 14.0. The fourth-order valence-corrected chi connectivity index (χ4v) is 2.59. The highest BCUT2D eigenvalue weighted by atomic mass is 16.2. The second-order valence-corrected chi connectivity index (χ2v) is 4.97. The van der Waals surface area contributed by atoms with E-state index in [1.54, 1.807) is 6.07 Å². The maximum atomic E-state index is 12.2. The summed E-state index contributed by atoms with van der Waals surface area (Å²) in [6.45, 7) is 0.576. The van der Waals surface area contributed by atoms with Crippen molar-refractivity contribution < 1.29 is 9.59 Å². The van der Waals surface area contributed by atoms with E-state index in [9.17, 15) is 9.59 Å². The largest absolute Gasteiger partial charge is 0.308 e. The summed E-state index contributed by atoms with van der Waals surface area (Å²) in [5.41, 5.74) is 3.77. The average Bonchev–Trinajstić information content (AvgIpc) is 2.50. The minimum absolute atomic E-state index is 0.139. The molecule has 0 bridgehead atoms. The molecule has 1 heterocycles. The first-order valence-corrected chi connectivity index (χ1v) is 6.70. The van der Waals surface area contributed by atoms with Crippen LogP contribution in [0, 0.1) is 0 Å². The van der Waals surface area contributed by atoms with Gasteiger partial charge in [-0.05, 0) is 35.7 Å². The molecule has 0 saturated heterocycles. The molecule has 0 saturated carbocycles. The number of fused-ring (bicyclic) bond motifs is 1. The molecule has 2 aromatic rings. The van der Waals surface area contributed by atoms with E-state index in [1.807, 2.05) is 47.4 Å². The molecule has 1 aliphatic rings. The maximum Gasteiger partial charge on any atom is 0.227 e. The van der Waals surface area contributed by atoms with Crippen molar-refractivity contribution in [3.05, 3.63) is 65.2 Å². The topological polar surface area (TPSA) is 37.4 Å². The van der Waals surface area contributed by atoms with Crippen LogP contribution in [0.1, 0.15) is 27.9 Å². The van der Waals surface area contributed by atoms with Gasteiger partial charge in [-0.1, -0.05) is 30.3 Å². The second kappa shape index (κ2) is 5.29. The Morgan fingerprint density at radius 3 is 2.60 bits per heavy atom. The zero-order chi connectivity index (χ0) is 13.9. The Morgan fingerprint density at radius 1 is 1.05 bits per heavy atom. The predicted molar refractivity (Wildman–Crippen MR) is 77.8 cm³/mol. The van der Waals surface area contributed by atoms with Crippen molar-refractivity contribution in [2.24, 2.45) is 0 Å². The van der Waals surface area contributed by atoms with E-state index in [0.717, 1.165) is 23.1 Å². The van der Waals surface area contributed by atoms with Gasteiger partial charge in [0.15, 0.2) is 0 Å². The van der Waals surface area contributed by atoms with Crippen molar-refractivity contribution in [1.82, 2.24) is 0 Å². The van der Waals surface area contributed by atoms with Crippen LogP contribution < -0.4 is 4.90 Å². The second-order valence-electron chi connectivity index (χ2n) is 4.97. The molecular weight excluding hydrogens is 250 g/mol. The number of carbonyl (C=O) groups excluding carboxylic acids is 2. The van der Waals surface area contributed by atoms with Crippen molar-refractivity contribution in [1.29, 1.82) is 0 Å². The molecule has 3 nitrogen and oxygen atoms in total. The Kier molecular flexibility index (Phi) is 3.33. The first-order chi connectivity index (χ1) is 9.78. The van der Waals surface area contributed by atoms with Gasteiger partial charge in [0.1, 0.15) is 6.29 Å². The summed E-state index contributed by atoms with van der Waals surface area (Å²) in [7, 11) is 0. The lowest BCUT2D eigenvalue weighted by molar-refractivity contribution is -0.119. The van der Waals surface area contributed by atoms with Crippen molar-refractivity contribution in [3.63, 3.8) is 0 Å². The van der Waals surface area contributed by atoms with Gasteiger partial charge in [0.05, 0.1) is 6.54 Å². The molecule has 1 aliphatic heterocycles. The maximum absolute atomic E-state index is 12.2. The number of hydrogen-bond donors (Lipinski definition) is 0. The summed E-state index contributed by atoms with van der Waals surface area (Å²) in [6.07, 6.45) is 2.06. The third-order valence-corrected chi connectivity index (χ3v) is 3.62. The van der Waals surface area contributed by atoms with Gasteiger partial charge >= 0.3 is 0 Å². The van der Waals surface area contributed by atoms with E-state index >= 15 is 0 Å². The third-order valence-electron chi connectivity index (χ3n) is 3.62. The highest BCUT2D eigenvalue weighted by molar-refractivity contribution is 5.96. The zero-order valence-corrected chi connectivity index (χ0v) is 11.1. The van der Waals surface area contributed by atoms with Crippen LogP contribution in [0.5, 0.6) is 0 Å². The number of hydrogen-bond acceptors (Lipinski definition) is 2. The number of benzene rings is 2. The van der Waals surface area contributed by atoms with Crippen LogP contribution in [0.2, 0.25) is 0 Å². The monoisotopic (exact) mass is 265 g/mol. The number of rotatable bonds is 3. The van der Waals surface area contributed by atoms with Crippen molar-refractivity contribution >= 4 is 17.9 Å². The van der Waals surface area contributed by atoms with Gasteiger partial charge < -0.3 is 4.90 Å². The number of nitrogens with zero attached hydrogens (tertiary/aromatic N) is 1. The predicted octanol–water partition coefficient (Wildman–Crippen LogP) is 2.98. The summed E-state index contributed by atoms with van der Waals surface area (Å²) >= 11 is 0. The molecule has 1 amide bonds. The highest BCUT2D eigenvalue weighted by Gasteiger charge is 2.24. The Balaban J connectivity index is 1.95. The summed E-state index contributed by atoms with van der Waals surface area (Å²) in [6, 6.07) is 15.5. The summed E-state index contributed by atoms with van der Waals surface area (Å²) in [4.78, 5) is 24.8. The molecule has 100 valence electrons. The molecule has 0 spiro atoms. The SMILES string of the molecule is O=Cc1ccc2c(c1)CCC(=O)N2Cc1ccccc1. The molecule has 0 atom stereocenters. The molecule has 3 rings (SSSR count). The van der Waals surface area contributed by atoms with Crippen molar-refractivity contribution in [3.8, 4) is 0 Å². The van der Waals surface area contributed by atoms with E-state index in [0.29, 0.717) is 24.9 Å². The average molecular weight is 265 g/mol. The van der Waals surface area contributed by atoms with E-state index in [1.165, 1.54) is 0 Å². The molecule has 0 unspecified atom stereocenters. The van der Waals surface area contributed by atoms with Crippen LogP contribution >= 0.6 is 0 Å². The van der Waals surface area contributed by atoms with Crippen LogP contribution in [-0.2, 0) is 17.8 Å². The van der Waals surface area contributed by atoms with Crippen molar-refractivity contribution in [2.75, 3.05) is 4.90 Å². The van der Waals surface area contributed by atoms with Gasteiger partial charge in [-0.15, -0.1) is 0 Å². The lowest BCUT2D eigenvalue weighted by atomic mass is 9.98. The molecule has 20 heavy (non-hydrogen) atoms. The quantitative estimate of drug-likeness (QED) is 0.800. The van der Waals surface area contributed by atoms with Gasteiger partial charge in [0.2, 0.25) is 5.91 Å². The minimum atomic E-state index is 0.139. The van der Waals surface area contributed by atoms with Crippen LogP contribution in [0.25, 0.3) is 0 Å². The molecule has 0 N–H and O–H groups in total. The Bertz CT molecular complexity index is 649. The smallest absolute Gasteiger partial charge is 0.227 e. The molecule has 0 radical (unpaired) electrons. The summed E-state index contributed by atoms with van der Waals surface area (Å²) in [5, 5.41) is 0.